The molecule has 0 saturated carbocycles. The molecule has 3 fully saturated rings. The van der Waals surface area contributed by atoms with E-state index >= 15 is 4.39 Å². The van der Waals surface area contributed by atoms with E-state index in [2.05, 4.69) is 9.80 Å². The van der Waals surface area contributed by atoms with Gasteiger partial charge >= 0.3 is 0 Å². The predicted octanol–water partition coefficient (Wildman–Crippen LogP) is 4.01. The molecule has 7 nitrogen and oxygen atoms in total. The van der Waals surface area contributed by atoms with Gasteiger partial charge in [-0.05, 0) is 87.4 Å². The van der Waals surface area contributed by atoms with Gasteiger partial charge in [0.15, 0.2) is 0 Å². The van der Waals surface area contributed by atoms with Gasteiger partial charge in [-0.1, -0.05) is 0 Å². The summed E-state index contributed by atoms with van der Waals surface area (Å²) in [5.41, 5.74) is 2.24. The maximum Gasteiger partial charge on any atom is 0.258 e. The van der Waals surface area contributed by atoms with Crippen LogP contribution in [0.4, 0.5) is 15.8 Å². The standard InChI is InChI=1S/C30H38FN3O4/c1-30(36)10-14-32(15-11-30)23-9-12-33(19-23)28-7-4-22(18-27(28)31)34-13-8-21-17-24(5-6-26(21)29(34)35)38-20-25-3-2-16-37-25/h4-7,17-18,23,25,36H,2-3,8-16,19-20H2,1H3. The molecule has 4 aliphatic heterocycles. The Labute approximate surface area is 224 Å². The summed E-state index contributed by atoms with van der Waals surface area (Å²) < 4.78 is 26.9. The van der Waals surface area contributed by atoms with E-state index in [1.165, 1.54) is 6.07 Å². The van der Waals surface area contributed by atoms with Gasteiger partial charge in [-0.15, -0.1) is 0 Å². The molecule has 2 atom stereocenters. The second-order valence-electron chi connectivity index (χ2n) is 11.5. The quantitative estimate of drug-likeness (QED) is 0.617. The van der Waals surface area contributed by atoms with Gasteiger partial charge in [-0.2, -0.15) is 0 Å². The minimum Gasteiger partial charge on any atom is -0.491 e. The summed E-state index contributed by atoms with van der Waals surface area (Å²) in [6.45, 7) is 7.10. The van der Waals surface area contributed by atoms with Crippen LogP contribution in [0.15, 0.2) is 36.4 Å². The molecule has 3 saturated heterocycles. The van der Waals surface area contributed by atoms with Gasteiger partial charge in [0, 0.05) is 56.6 Å². The number of hydrogen-bond acceptors (Lipinski definition) is 6. The van der Waals surface area contributed by atoms with Gasteiger partial charge < -0.3 is 24.4 Å². The average Bonchev–Trinajstić information content (AvgIpc) is 3.60. The van der Waals surface area contributed by atoms with Crippen LogP contribution in [0, 0.1) is 5.82 Å². The average molecular weight is 524 g/mol. The van der Waals surface area contributed by atoms with Crippen molar-refractivity contribution in [1.29, 1.82) is 0 Å². The van der Waals surface area contributed by atoms with Crippen LogP contribution >= 0.6 is 0 Å². The molecule has 0 spiro atoms. The minimum absolute atomic E-state index is 0.105. The Balaban J connectivity index is 1.09. The number of likely N-dealkylation sites (tertiary alicyclic amines) is 1. The molecule has 0 radical (unpaired) electrons. The van der Waals surface area contributed by atoms with Gasteiger partial charge in [0.1, 0.15) is 18.2 Å². The third-order valence-electron chi connectivity index (χ3n) is 8.76. The molecule has 0 aliphatic carbocycles. The van der Waals surface area contributed by atoms with E-state index in [1.807, 2.05) is 37.3 Å². The van der Waals surface area contributed by atoms with Crippen molar-refractivity contribution in [2.45, 2.75) is 63.2 Å². The number of hydrogen-bond donors (Lipinski definition) is 1. The summed E-state index contributed by atoms with van der Waals surface area (Å²) in [7, 11) is 0. The monoisotopic (exact) mass is 523 g/mol. The lowest BCUT2D eigenvalue weighted by Crippen LogP contribution is -2.47. The summed E-state index contributed by atoms with van der Waals surface area (Å²) >= 11 is 0. The van der Waals surface area contributed by atoms with Crippen molar-refractivity contribution < 1.29 is 23.8 Å². The smallest absolute Gasteiger partial charge is 0.258 e. The molecule has 38 heavy (non-hydrogen) atoms. The Morgan fingerprint density at radius 1 is 1.11 bits per heavy atom. The van der Waals surface area contributed by atoms with Crippen LogP contribution in [0.5, 0.6) is 5.75 Å². The van der Waals surface area contributed by atoms with Gasteiger partial charge in [-0.3, -0.25) is 9.69 Å². The molecule has 4 aliphatic rings. The second-order valence-corrected chi connectivity index (χ2v) is 11.5. The number of anilines is 2. The van der Waals surface area contributed by atoms with Crippen molar-refractivity contribution in [1.82, 2.24) is 4.90 Å². The molecule has 0 bridgehead atoms. The Morgan fingerprint density at radius 3 is 2.71 bits per heavy atom. The lowest BCUT2D eigenvalue weighted by Gasteiger charge is -2.39. The molecule has 8 heteroatoms. The second kappa shape index (κ2) is 10.5. The summed E-state index contributed by atoms with van der Waals surface area (Å²) in [6, 6.07) is 11.2. The van der Waals surface area contributed by atoms with E-state index in [-0.39, 0.29) is 17.8 Å². The van der Waals surface area contributed by atoms with Crippen LogP contribution in [0.1, 0.15) is 54.9 Å². The first-order valence-corrected chi connectivity index (χ1v) is 14.1. The molecule has 2 aromatic rings. The zero-order valence-electron chi connectivity index (χ0n) is 22.2. The lowest BCUT2D eigenvalue weighted by molar-refractivity contribution is -0.0142. The number of piperidine rings is 1. The molecule has 4 heterocycles. The highest BCUT2D eigenvalue weighted by Crippen LogP contribution is 2.33. The largest absolute Gasteiger partial charge is 0.491 e. The first kappa shape index (κ1) is 25.6. The Kier molecular flexibility index (Phi) is 7.05. The van der Waals surface area contributed by atoms with Crippen molar-refractivity contribution in [3.8, 4) is 5.75 Å². The van der Waals surface area contributed by atoms with Gasteiger partial charge in [0.05, 0.1) is 17.4 Å². The molecule has 1 N–H and O–H groups in total. The molecule has 2 aromatic carbocycles. The van der Waals surface area contributed by atoms with Gasteiger partial charge in [-0.25, -0.2) is 4.39 Å². The van der Waals surface area contributed by atoms with Crippen LogP contribution in [0.3, 0.4) is 0 Å². The van der Waals surface area contributed by atoms with E-state index in [1.54, 1.807) is 4.90 Å². The number of benzene rings is 2. The fourth-order valence-electron chi connectivity index (χ4n) is 6.32. The number of halogens is 1. The number of carbonyl (C=O) groups excluding carboxylic acids is 1. The van der Waals surface area contributed by atoms with E-state index in [9.17, 15) is 9.90 Å². The third kappa shape index (κ3) is 5.26. The number of carbonyl (C=O) groups is 1. The Bertz CT molecular complexity index is 1170. The number of nitrogens with zero attached hydrogens (tertiary/aromatic N) is 3. The van der Waals surface area contributed by atoms with Crippen LogP contribution in [-0.4, -0.2) is 79.6 Å². The van der Waals surface area contributed by atoms with E-state index in [0.717, 1.165) is 76.2 Å². The molecule has 6 rings (SSSR count). The van der Waals surface area contributed by atoms with Crippen molar-refractivity contribution in [2.75, 3.05) is 55.7 Å². The third-order valence-corrected chi connectivity index (χ3v) is 8.76. The summed E-state index contributed by atoms with van der Waals surface area (Å²) in [4.78, 5) is 19.5. The fraction of sp³-hybridized carbons (Fsp3) is 0.567. The van der Waals surface area contributed by atoms with Crippen molar-refractivity contribution in [2.24, 2.45) is 0 Å². The molecule has 204 valence electrons. The maximum atomic E-state index is 15.4. The first-order chi connectivity index (χ1) is 18.4. The zero-order chi connectivity index (χ0) is 26.3. The molecular weight excluding hydrogens is 485 g/mol. The topological polar surface area (TPSA) is 65.5 Å². The van der Waals surface area contributed by atoms with E-state index in [0.29, 0.717) is 42.6 Å². The van der Waals surface area contributed by atoms with Crippen LogP contribution in [-0.2, 0) is 11.2 Å². The van der Waals surface area contributed by atoms with Crippen LogP contribution in [0.2, 0.25) is 0 Å². The van der Waals surface area contributed by atoms with Crippen LogP contribution < -0.4 is 14.5 Å². The van der Waals surface area contributed by atoms with Crippen LogP contribution in [0.25, 0.3) is 0 Å². The number of rotatable bonds is 6. The Hall–Kier alpha value is -2.68. The summed E-state index contributed by atoms with van der Waals surface area (Å²) in [5.74, 6) is 0.363. The molecule has 1 amide bonds. The van der Waals surface area contributed by atoms with Gasteiger partial charge in [0.25, 0.3) is 5.91 Å². The number of aliphatic hydroxyl groups is 1. The molecule has 0 aromatic heterocycles. The highest BCUT2D eigenvalue weighted by atomic mass is 19.1. The number of fused-ring (bicyclic) bond motifs is 1. The van der Waals surface area contributed by atoms with Crippen molar-refractivity contribution in [3.05, 3.63) is 53.3 Å². The highest BCUT2D eigenvalue weighted by molar-refractivity contribution is 6.08. The number of amides is 1. The summed E-state index contributed by atoms with van der Waals surface area (Å²) in [5, 5.41) is 10.3. The van der Waals surface area contributed by atoms with Crippen molar-refractivity contribution >= 4 is 17.3 Å². The van der Waals surface area contributed by atoms with E-state index in [4.69, 9.17) is 9.47 Å². The van der Waals surface area contributed by atoms with E-state index < -0.39 is 5.60 Å². The highest BCUT2D eigenvalue weighted by Gasteiger charge is 2.35. The fourth-order valence-corrected chi connectivity index (χ4v) is 6.32. The molecule has 2 unspecified atom stereocenters. The summed E-state index contributed by atoms with van der Waals surface area (Å²) in [6.07, 6.45) is 5.49. The normalized spacial score (nSPS) is 25.6. The SMILES string of the molecule is CC1(O)CCN(C2CCN(c3ccc(N4CCc5cc(OCC6CCCO6)ccc5C4=O)cc3F)C2)CC1. The Morgan fingerprint density at radius 2 is 1.95 bits per heavy atom. The van der Waals surface area contributed by atoms with Gasteiger partial charge in [0.2, 0.25) is 0 Å². The minimum atomic E-state index is -0.566. The zero-order valence-corrected chi connectivity index (χ0v) is 22.2. The molecular formula is C30H38FN3O4. The predicted molar refractivity (Wildman–Crippen MR) is 145 cm³/mol. The lowest BCUT2D eigenvalue weighted by atomic mass is 9.93. The first-order valence-electron chi connectivity index (χ1n) is 14.1. The van der Waals surface area contributed by atoms with Crippen molar-refractivity contribution in [3.63, 3.8) is 0 Å². The number of ether oxygens (including phenoxy) is 2. The maximum absolute atomic E-state index is 15.4.